The smallest absolute Gasteiger partial charge is 0.435 e. The Labute approximate surface area is 185 Å². The molecule has 0 aliphatic heterocycles. The lowest BCUT2D eigenvalue weighted by molar-refractivity contribution is -0.141. The third kappa shape index (κ3) is 4.23. The highest BCUT2D eigenvalue weighted by Crippen LogP contribution is 2.37. The van der Waals surface area contributed by atoms with Crippen molar-refractivity contribution in [2.24, 2.45) is 0 Å². The second kappa shape index (κ2) is 8.02. The maximum Gasteiger partial charge on any atom is 0.435 e. The third-order valence-corrected chi connectivity index (χ3v) is 6.26. The standard InChI is InChI=1S/C20H15F3N4O3S2/c1-30-17-7-12(3-5-14(17)15-10-31-11-25-15)16-8-18(20(21,22)23)26-27(16)19-6-4-13(9-24-19)32(2,28)29/h3-11H,1-2H3. The summed E-state index contributed by atoms with van der Waals surface area (Å²) in [7, 11) is -2.05. The number of hydrogen-bond acceptors (Lipinski definition) is 7. The van der Waals surface area contributed by atoms with Crippen molar-refractivity contribution >= 4 is 21.2 Å². The van der Waals surface area contributed by atoms with Crippen LogP contribution in [0.4, 0.5) is 13.2 Å². The van der Waals surface area contributed by atoms with Crippen LogP contribution in [0.3, 0.4) is 0 Å². The van der Waals surface area contributed by atoms with Gasteiger partial charge in [0.05, 0.1) is 28.9 Å². The number of thiazole rings is 1. The van der Waals surface area contributed by atoms with Crippen LogP contribution in [0.5, 0.6) is 5.75 Å². The van der Waals surface area contributed by atoms with E-state index in [2.05, 4.69) is 15.1 Å². The lowest BCUT2D eigenvalue weighted by atomic mass is 10.1. The first-order valence-corrected chi connectivity index (χ1v) is 11.8. The predicted octanol–water partition coefficient (Wildman–Crippen LogP) is 4.49. The van der Waals surface area contributed by atoms with E-state index in [1.54, 1.807) is 23.7 Å². The number of aromatic nitrogens is 4. The Bertz CT molecular complexity index is 1360. The Hall–Kier alpha value is -3.25. The van der Waals surface area contributed by atoms with Crippen molar-refractivity contribution in [2.45, 2.75) is 11.1 Å². The van der Waals surface area contributed by atoms with E-state index in [9.17, 15) is 21.6 Å². The number of alkyl halides is 3. The maximum absolute atomic E-state index is 13.4. The van der Waals surface area contributed by atoms with Crippen LogP contribution in [0, 0.1) is 0 Å². The largest absolute Gasteiger partial charge is 0.496 e. The van der Waals surface area contributed by atoms with Gasteiger partial charge in [0.2, 0.25) is 0 Å². The average Bonchev–Trinajstić information content (AvgIpc) is 3.43. The van der Waals surface area contributed by atoms with Gasteiger partial charge in [-0.2, -0.15) is 18.3 Å². The number of ether oxygens (including phenoxy) is 1. The van der Waals surface area contributed by atoms with Gasteiger partial charge in [-0.05, 0) is 30.3 Å². The minimum absolute atomic E-state index is 0.0328. The first kappa shape index (κ1) is 22.0. The minimum atomic E-state index is -4.68. The van der Waals surface area contributed by atoms with Crippen LogP contribution < -0.4 is 4.74 Å². The van der Waals surface area contributed by atoms with Gasteiger partial charge >= 0.3 is 6.18 Å². The van der Waals surface area contributed by atoms with Gasteiger partial charge in [0, 0.05) is 29.0 Å². The molecule has 0 amide bonds. The predicted molar refractivity (Wildman–Crippen MR) is 113 cm³/mol. The average molecular weight is 480 g/mol. The highest BCUT2D eigenvalue weighted by molar-refractivity contribution is 7.90. The van der Waals surface area contributed by atoms with Crippen LogP contribution in [0.25, 0.3) is 28.3 Å². The zero-order valence-electron chi connectivity index (χ0n) is 16.7. The van der Waals surface area contributed by atoms with E-state index >= 15 is 0 Å². The molecule has 0 aliphatic rings. The molecule has 3 heterocycles. The molecule has 1 aromatic carbocycles. The molecule has 0 unspecified atom stereocenters. The van der Waals surface area contributed by atoms with Crippen LogP contribution in [-0.4, -0.2) is 41.5 Å². The van der Waals surface area contributed by atoms with Crippen molar-refractivity contribution in [1.29, 1.82) is 0 Å². The van der Waals surface area contributed by atoms with Crippen molar-refractivity contribution in [1.82, 2.24) is 19.7 Å². The molecule has 4 aromatic rings. The summed E-state index contributed by atoms with van der Waals surface area (Å²) < 4.78 is 70.1. The third-order valence-electron chi connectivity index (χ3n) is 4.57. The Morgan fingerprint density at radius 2 is 1.88 bits per heavy atom. The van der Waals surface area contributed by atoms with Gasteiger partial charge in [0.1, 0.15) is 5.75 Å². The topological polar surface area (TPSA) is 87.0 Å². The minimum Gasteiger partial charge on any atom is -0.496 e. The fourth-order valence-electron chi connectivity index (χ4n) is 3.02. The summed E-state index contributed by atoms with van der Waals surface area (Å²) >= 11 is 1.41. The van der Waals surface area contributed by atoms with Gasteiger partial charge in [-0.1, -0.05) is 6.07 Å². The first-order chi connectivity index (χ1) is 15.1. The van der Waals surface area contributed by atoms with Crippen molar-refractivity contribution in [2.75, 3.05) is 13.4 Å². The molecular formula is C20H15F3N4O3S2. The summed E-state index contributed by atoms with van der Waals surface area (Å²) in [5, 5.41) is 5.51. The van der Waals surface area contributed by atoms with Crippen LogP contribution >= 0.6 is 11.3 Å². The highest BCUT2D eigenvalue weighted by Gasteiger charge is 2.35. The molecule has 0 atom stereocenters. The number of rotatable bonds is 5. The van der Waals surface area contributed by atoms with E-state index in [-0.39, 0.29) is 16.4 Å². The summed E-state index contributed by atoms with van der Waals surface area (Å²) in [6, 6.07) is 8.40. The molecule has 12 heteroatoms. The fraction of sp³-hybridized carbons (Fsp3) is 0.150. The van der Waals surface area contributed by atoms with Crippen molar-refractivity contribution in [3.8, 4) is 34.1 Å². The zero-order chi connectivity index (χ0) is 23.1. The molecule has 0 fully saturated rings. The summed E-state index contributed by atoms with van der Waals surface area (Å²) in [6.45, 7) is 0. The van der Waals surface area contributed by atoms with Crippen LogP contribution in [0.15, 0.2) is 58.4 Å². The Balaban J connectivity index is 1.86. The number of nitrogens with zero attached hydrogens (tertiary/aromatic N) is 4. The van der Waals surface area contributed by atoms with Gasteiger partial charge in [-0.25, -0.2) is 23.1 Å². The molecule has 0 aliphatic carbocycles. The summed E-state index contributed by atoms with van der Waals surface area (Å²) in [5.74, 6) is 0.459. The van der Waals surface area contributed by atoms with Crippen molar-refractivity contribution in [3.05, 3.63) is 59.2 Å². The summed E-state index contributed by atoms with van der Waals surface area (Å²) in [6.07, 6.45) is -2.59. The summed E-state index contributed by atoms with van der Waals surface area (Å²) in [5.41, 5.74) is 2.44. The normalized spacial score (nSPS) is 12.2. The molecule has 0 spiro atoms. The number of halogens is 3. The zero-order valence-corrected chi connectivity index (χ0v) is 18.3. The van der Waals surface area contributed by atoms with Crippen molar-refractivity contribution < 1.29 is 26.3 Å². The van der Waals surface area contributed by atoms with Gasteiger partial charge < -0.3 is 4.74 Å². The Kier molecular flexibility index (Phi) is 5.51. The molecule has 0 saturated carbocycles. The molecule has 7 nitrogen and oxygen atoms in total. The van der Waals surface area contributed by atoms with Crippen molar-refractivity contribution in [3.63, 3.8) is 0 Å². The van der Waals surface area contributed by atoms with Gasteiger partial charge in [0.15, 0.2) is 21.3 Å². The van der Waals surface area contributed by atoms with Gasteiger partial charge in [-0.15, -0.1) is 11.3 Å². The molecule has 4 rings (SSSR count). The van der Waals surface area contributed by atoms with Crippen LogP contribution in [-0.2, 0) is 16.0 Å². The number of benzene rings is 1. The van der Waals surface area contributed by atoms with Crippen LogP contribution in [0.2, 0.25) is 0 Å². The quantitative estimate of drug-likeness (QED) is 0.418. The number of methoxy groups -OCH3 is 1. The van der Waals surface area contributed by atoms with E-state index < -0.39 is 21.7 Å². The summed E-state index contributed by atoms with van der Waals surface area (Å²) in [4.78, 5) is 8.20. The van der Waals surface area contributed by atoms with Gasteiger partial charge in [0.25, 0.3) is 0 Å². The molecule has 166 valence electrons. The second-order valence-electron chi connectivity index (χ2n) is 6.74. The number of pyridine rings is 1. The fourth-order valence-corrected chi connectivity index (χ4v) is 4.14. The first-order valence-electron chi connectivity index (χ1n) is 8.98. The van der Waals surface area contributed by atoms with E-state index in [1.807, 2.05) is 5.38 Å². The van der Waals surface area contributed by atoms with Crippen LogP contribution in [0.1, 0.15) is 5.69 Å². The second-order valence-corrected chi connectivity index (χ2v) is 9.47. The molecule has 0 radical (unpaired) electrons. The molecule has 32 heavy (non-hydrogen) atoms. The van der Waals surface area contributed by atoms with E-state index in [1.165, 1.54) is 30.6 Å². The van der Waals surface area contributed by atoms with E-state index in [0.29, 0.717) is 22.6 Å². The monoisotopic (exact) mass is 480 g/mol. The van der Waals surface area contributed by atoms with E-state index in [4.69, 9.17) is 4.74 Å². The Morgan fingerprint density at radius 3 is 2.44 bits per heavy atom. The highest BCUT2D eigenvalue weighted by atomic mass is 32.2. The molecule has 0 saturated heterocycles. The lowest BCUT2D eigenvalue weighted by Crippen LogP contribution is -2.08. The van der Waals surface area contributed by atoms with E-state index in [0.717, 1.165) is 23.2 Å². The maximum atomic E-state index is 13.4. The molecule has 0 N–H and O–H groups in total. The molecule has 3 aromatic heterocycles. The number of sulfone groups is 1. The number of hydrogen-bond donors (Lipinski definition) is 0. The van der Waals surface area contributed by atoms with Gasteiger partial charge in [-0.3, -0.25) is 0 Å². The SMILES string of the molecule is COc1cc(-c2cc(C(F)(F)F)nn2-c2ccc(S(C)(=O)=O)cn2)ccc1-c1cscn1. The molecular weight excluding hydrogens is 465 g/mol. The molecule has 0 bridgehead atoms. The lowest BCUT2D eigenvalue weighted by Gasteiger charge is -2.11. The Morgan fingerprint density at radius 1 is 1.09 bits per heavy atom.